The van der Waals surface area contributed by atoms with Gasteiger partial charge in [0.05, 0.1) is 0 Å². The molecule has 0 atom stereocenters. The number of carbonyl (C=O) groups is 2. The lowest BCUT2D eigenvalue weighted by Crippen LogP contribution is -2.42. The van der Waals surface area contributed by atoms with Gasteiger partial charge in [0.2, 0.25) is 5.91 Å². The van der Waals surface area contributed by atoms with Crippen LogP contribution >= 0.6 is 0 Å². The van der Waals surface area contributed by atoms with Crippen LogP contribution in [0.25, 0.3) is 0 Å². The van der Waals surface area contributed by atoms with Gasteiger partial charge < -0.3 is 10.6 Å². The summed E-state index contributed by atoms with van der Waals surface area (Å²) in [5.74, 6) is -0.325. The average molecular weight is 274 g/mol. The van der Waals surface area contributed by atoms with Gasteiger partial charge in [-0.05, 0) is 5.56 Å². The number of hydrazone groups is 1. The van der Waals surface area contributed by atoms with Crippen LogP contribution in [-0.2, 0) is 16.1 Å². The molecule has 0 unspecified atom stereocenters. The Morgan fingerprint density at radius 3 is 2.65 bits per heavy atom. The van der Waals surface area contributed by atoms with Gasteiger partial charge in [-0.25, -0.2) is 5.43 Å². The third-order valence-corrected chi connectivity index (χ3v) is 3.05. The first kappa shape index (κ1) is 14.2. The molecule has 0 radical (unpaired) electrons. The Morgan fingerprint density at radius 1 is 1.30 bits per heavy atom. The molecule has 106 valence electrons. The van der Waals surface area contributed by atoms with Gasteiger partial charge in [0.1, 0.15) is 5.71 Å². The zero-order valence-electron chi connectivity index (χ0n) is 11.2. The topological polar surface area (TPSA) is 87.8 Å². The van der Waals surface area contributed by atoms with Crippen molar-refractivity contribution in [3.63, 3.8) is 0 Å². The van der Waals surface area contributed by atoms with Crippen LogP contribution in [0, 0.1) is 0 Å². The predicted octanol–water partition coefficient (Wildman–Crippen LogP) is 0.240. The maximum atomic E-state index is 12.4. The number of rotatable bonds is 5. The third-order valence-electron chi connectivity index (χ3n) is 3.05. The second-order valence-corrected chi connectivity index (χ2v) is 4.59. The summed E-state index contributed by atoms with van der Waals surface area (Å²) in [7, 11) is 0. The Morgan fingerprint density at radius 2 is 2.05 bits per heavy atom. The standard InChI is InChI=1S/C14H18N4O2/c15-8-9-18(10-11-4-2-1-3-5-11)14(20)12-6-7-13(19)17-16-12/h1-5H,6-10,15H2,(H,17,19). The zero-order valence-corrected chi connectivity index (χ0v) is 11.2. The molecule has 20 heavy (non-hydrogen) atoms. The SMILES string of the molecule is NCCN(Cc1ccccc1)C(=O)C1=NNC(=O)CC1. The predicted molar refractivity (Wildman–Crippen MR) is 75.7 cm³/mol. The number of benzene rings is 1. The molecule has 0 aliphatic carbocycles. The second kappa shape index (κ2) is 6.81. The molecule has 0 fully saturated rings. The summed E-state index contributed by atoms with van der Waals surface area (Å²) in [5.41, 5.74) is 9.33. The Balaban J connectivity index is 2.08. The molecule has 1 aliphatic heterocycles. The highest BCUT2D eigenvalue weighted by Gasteiger charge is 2.23. The molecule has 6 nitrogen and oxygen atoms in total. The molecule has 3 N–H and O–H groups in total. The lowest BCUT2D eigenvalue weighted by Gasteiger charge is -2.24. The summed E-state index contributed by atoms with van der Waals surface area (Å²) in [6, 6.07) is 9.71. The number of nitrogens with one attached hydrogen (secondary N) is 1. The van der Waals surface area contributed by atoms with Gasteiger partial charge in [-0.1, -0.05) is 30.3 Å². The highest BCUT2D eigenvalue weighted by molar-refractivity contribution is 6.39. The number of nitrogens with two attached hydrogens (primary N) is 1. The van der Waals surface area contributed by atoms with E-state index in [1.807, 2.05) is 30.3 Å². The van der Waals surface area contributed by atoms with Crippen molar-refractivity contribution in [2.45, 2.75) is 19.4 Å². The van der Waals surface area contributed by atoms with Crippen molar-refractivity contribution >= 4 is 17.5 Å². The van der Waals surface area contributed by atoms with Crippen molar-refractivity contribution in [3.05, 3.63) is 35.9 Å². The van der Waals surface area contributed by atoms with Crippen molar-refractivity contribution in [2.24, 2.45) is 10.8 Å². The van der Waals surface area contributed by atoms with Gasteiger partial charge in [0.25, 0.3) is 5.91 Å². The molecule has 1 aromatic rings. The van der Waals surface area contributed by atoms with E-state index in [-0.39, 0.29) is 11.8 Å². The first-order chi connectivity index (χ1) is 9.70. The van der Waals surface area contributed by atoms with Gasteiger partial charge >= 0.3 is 0 Å². The number of carbonyl (C=O) groups excluding carboxylic acids is 2. The van der Waals surface area contributed by atoms with Gasteiger partial charge in [-0.15, -0.1) is 0 Å². The van der Waals surface area contributed by atoms with Crippen molar-refractivity contribution in [2.75, 3.05) is 13.1 Å². The van der Waals surface area contributed by atoms with E-state index in [1.54, 1.807) is 4.90 Å². The molecule has 2 rings (SSSR count). The van der Waals surface area contributed by atoms with Crippen LogP contribution in [0.3, 0.4) is 0 Å². The first-order valence-corrected chi connectivity index (χ1v) is 6.59. The number of amides is 2. The van der Waals surface area contributed by atoms with E-state index in [9.17, 15) is 9.59 Å². The normalized spacial score (nSPS) is 14.4. The molecule has 6 heteroatoms. The van der Waals surface area contributed by atoms with E-state index in [0.29, 0.717) is 38.2 Å². The molecule has 1 heterocycles. The zero-order chi connectivity index (χ0) is 14.4. The highest BCUT2D eigenvalue weighted by atomic mass is 16.2. The number of hydrogen-bond acceptors (Lipinski definition) is 4. The summed E-state index contributed by atoms with van der Waals surface area (Å²) in [6.07, 6.45) is 0.674. The second-order valence-electron chi connectivity index (χ2n) is 4.59. The molecule has 0 saturated carbocycles. The largest absolute Gasteiger partial charge is 0.332 e. The molecule has 0 aromatic heterocycles. The molecule has 0 spiro atoms. The minimum Gasteiger partial charge on any atom is -0.332 e. The monoisotopic (exact) mass is 274 g/mol. The number of hydrogen-bond donors (Lipinski definition) is 2. The van der Waals surface area contributed by atoms with Crippen LogP contribution in [0.5, 0.6) is 0 Å². The molecule has 1 aromatic carbocycles. The van der Waals surface area contributed by atoms with E-state index in [4.69, 9.17) is 5.73 Å². The summed E-state index contributed by atoms with van der Waals surface area (Å²) in [6.45, 7) is 1.34. The van der Waals surface area contributed by atoms with Crippen LogP contribution in [0.4, 0.5) is 0 Å². The van der Waals surface area contributed by atoms with Gasteiger partial charge in [0.15, 0.2) is 0 Å². The fraction of sp³-hybridized carbons (Fsp3) is 0.357. The highest BCUT2D eigenvalue weighted by Crippen LogP contribution is 2.08. The smallest absolute Gasteiger partial charge is 0.270 e. The molecular formula is C14H18N4O2. The molecular weight excluding hydrogens is 256 g/mol. The third kappa shape index (κ3) is 3.64. The summed E-state index contributed by atoms with van der Waals surface area (Å²) >= 11 is 0. The van der Waals surface area contributed by atoms with Crippen LogP contribution < -0.4 is 11.2 Å². The quantitative estimate of drug-likeness (QED) is 0.806. The lowest BCUT2D eigenvalue weighted by atomic mass is 10.1. The van der Waals surface area contributed by atoms with Crippen molar-refractivity contribution in [1.29, 1.82) is 0 Å². The fourth-order valence-electron chi connectivity index (χ4n) is 2.02. The Labute approximate surface area is 117 Å². The van der Waals surface area contributed by atoms with Crippen molar-refractivity contribution in [1.82, 2.24) is 10.3 Å². The van der Waals surface area contributed by atoms with E-state index >= 15 is 0 Å². The van der Waals surface area contributed by atoms with Gasteiger partial charge in [-0.3, -0.25) is 9.59 Å². The molecule has 0 bridgehead atoms. The van der Waals surface area contributed by atoms with Crippen LogP contribution in [0.15, 0.2) is 35.4 Å². The lowest BCUT2D eigenvalue weighted by molar-refractivity contribution is -0.125. The first-order valence-electron chi connectivity index (χ1n) is 6.59. The maximum absolute atomic E-state index is 12.4. The van der Waals surface area contributed by atoms with E-state index in [2.05, 4.69) is 10.5 Å². The minimum atomic E-state index is -0.167. The van der Waals surface area contributed by atoms with Crippen LogP contribution in [0.2, 0.25) is 0 Å². The maximum Gasteiger partial charge on any atom is 0.270 e. The fourth-order valence-corrected chi connectivity index (χ4v) is 2.02. The van der Waals surface area contributed by atoms with Gasteiger partial charge in [-0.2, -0.15) is 5.10 Å². The molecule has 2 amide bonds. The summed E-state index contributed by atoms with van der Waals surface area (Å²) in [4.78, 5) is 25.1. The summed E-state index contributed by atoms with van der Waals surface area (Å²) in [5, 5.41) is 3.84. The van der Waals surface area contributed by atoms with E-state index in [1.165, 1.54) is 0 Å². The van der Waals surface area contributed by atoms with Gasteiger partial charge in [0, 0.05) is 32.5 Å². The van der Waals surface area contributed by atoms with Crippen molar-refractivity contribution < 1.29 is 9.59 Å². The Kier molecular flexibility index (Phi) is 4.84. The van der Waals surface area contributed by atoms with Crippen LogP contribution in [0.1, 0.15) is 18.4 Å². The van der Waals surface area contributed by atoms with Crippen molar-refractivity contribution in [3.8, 4) is 0 Å². The number of nitrogens with zero attached hydrogens (tertiary/aromatic N) is 2. The Hall–Kier alpha value is -2.21. The average Bonchev–Trinajstić information content (AvgIpc) is 2.48. The summed E-state index contributed by atoms with van der Waals surface area (Å²) < 4.78 is 0. The minimum absolute atomic E-state index is 0.157. The Bertz CT molecular complexity index is 513. The van der Waals surface area contributed by atoms with E-state index < -0.39 is 0 Å². The van der Waals surface area contributed by atoms with Crippen LogP contribution in [-0.4, -0.2) is 35.5 Å². The molecule has 0 saturated heterocycles. The van der Waals surface area contributed by atoms with E-state index in [0.717, 1.165) is 5.56 Å². The molecule has 1 aliphatic rings.